The molecule has 0 bridgehead atoms. The van der Waals surface area contributed by atoms with Gasteiger partial charge in [0, 0.05) is 48.9 Å². The highest BCUT2D eigenvalue weighted by atomic mass is 16.2. The average molecular weight is 549 g/mol. The van der Waals surface area contributed by atoms with Crippen LogP contribution in [0.25, 0.3) is 10.9 Å². The summed E-state index contributed by atoms with van der Waals surface area (Å²) in [5.74, 6) is -0.695. The van der Waals surface area contributed by atoms with Crippen molar-refractivity contribution in [1.29, 1.82) is 0 Å². The quantitative estimate of drug-likeness (QED) is 0.260. The largest absolute Gasteiger partial charge is 0.326 e. The van der Waals surface area contributed by atoms with E-state index in [0.717, 1.165) is 16.6 Å². The van der Waals surface area contributed by atoms with Crippen molar-refractivity contribution in [3.63, 3.8) is 0 Å². The highest BCUT2D eigenvalue weighted by molar-refractivity contribution is 5.95. The van der Waals surface area contributed by atoms with Crippen LogP contribution < -0.4 is 16.0 Å². The number of hydrogen-bond donors (Lipinski definition) is 3. The molecular formula is C27H36N10O3. The Hall–Kier alpha value is -4.55. The van der Waals surface area contributed by atoms with Crippen molar-refractivity contribution in [3.8, 4) is 0 Å². The minimum atomic E-state index is -0.831. The van der Waals surface area contributed by atoms with E-state index in [-0.39, 0.29) is 42.1 Å². The highest BCUT2D eigenvalue weighted by Gasteiger charge is 2.30. The van der Waals surface area contributed by atoms with Gasteiger partial charge in [-0.25, -0.2) is 4.98 Å². The van der Waals surface area contributed by atoms with Crippen LogP contribution in [0.3, 0.4) is 0 Å². The second-order valence-corrected chi connectivity index (χ2v) is 11.0. The fourth-order valence-corrected chi connectivity index (χ4v) is 3.96. The van der Waals surface area contributed by atoms with E-state index in [0.29, 0.717) is 18.7 Å². The van der Waals surface area contributed by atoms with Crippen LogP contribution in [0.2, 0.25) is 0 Å². The average Bonchev–Trinajstić information content (AvgIpc) is 3.61. The van der Waals surface area contributed by atoms with Gasteiger partial charge in [-0.05, 0) is 38.5 Å². The third kappa shape index (κ3) is 7.10. The summed E-state index contributed by atoms with van der Waals surface area (Å²) in [6.45, 7) is 9.81. The van der Waals surface area contributed by atoms with Crippen molar-refractivity contribution in [2.75, 3.05) is 16.0 Å². The number of rotatable bonds is 11. The maximum Gasteiger partial charge on any atom is 0.248 e. The molecule has 4 aromatic rings. The van der Waals surface area contributed by atoms with Crippen LogP contribution in [0.4, 0.5) is 17.3 Å². The molecule has 0 aliphatic rings. The summed E-state index contributed by atoms with van der Waals surface area (Å²) in [4.78, 5) is 41.8. The number of nitrogens with zero attached hydrogens (tertiary/aromatic N) is 7. The number of carbonyl (C=O) groups excluding carboxylic acids is 3. The van der Waals surface area contributed by atoms with Gasteiger partial charge < -0.3 is 10.6 Å². The van der Waals surface area contributed by atoms with Gasteiger partial charge in [0.1, 0.15) is 6.33 Å². The molecule has 1 aromatic carbocycles. The lowest BCUT2D eigenvalue weighted by atomic mass is 9.92. The summed E-state index contributed by atoms with van der Waals surface area (Å²) in [6, 6.07) is 5.61. The van der Waals surface area contributed by atoms with Crippen molar-refractivity contribution in [3.05, 3.63) is 43.1 Å². The number of nitrogens with one attached hydrogen (secondary N) is 3. The monoisotopic (exact) mass is 548 g/mol. The van der Waals surface area contributed by atoms with Crippen LogP contribution in [0.1, 0.15) is 41.0 Å². The molecule has 3 aromatic heterocycles. The topological polar surface area (TPSA) is 154 Å². The van der Waals surface area contributed by atoms with Crippen LogP contribution in [0, 0.1) is 17.3 Å². The molecule has 13 nitrogen and oxygen atoms in total. The summed E-state index contributed by atoms with van der Waals surface area (Å²) >= 11 is 0. The van der Waals surface area contributed by atoms with Gasteiger partial charge in [0.2, 0.25) is 23.7 Å². The van der Waals surface area contributed by atoms with Crippen LogP contribution in [0.15, 0.2) is 43.1 Å². The van der Waals surface area contributed by atoms with Gasteiger partial charge in [0.05, 0.1) is 29.4 Å². The zero-order valence-corrected chi connectivity index (χ0v) is 23.7. The van der Waals surface area contributed by atoms with E-state index in [1.807, 2.05) is 52.2 Å². The molecule has 0 radical (unpaired) electrons. The Labute approximate surface area is 232 Å². The molecule has 40 heavy (non-hydrogen) atoms. The number of carbonyl (C=O) groups is 3. The molecule has 0 spiro atoms. The van der Waals surface area contributed by atoms with Crippen molar-refractivity contribution >= 4 is 45.9 Å². The van der Waals surface area contributed by atoms with Crippen LogP contribution in [0.5, 0.6) is 0 Å². The molecule has 212 valence electrons. The van der Waals surface area contributed by atoms with Crippen molar-refractivity contribution in [2.45, 2.75) is 54.1 Å². The maximum absolute atomic E-state index is 13.0. The Morgan fingerprint density at radius 1 is 0.950 bits per heavy atom. The van der Waals surface area contributed by atoms with Crippen molar-refractivity contribution < 1.29 is 14.4 Å². The van der Waals surface area contributed by atoms with E-state index in [1.54, 1.807) is 40.3 Å². The number of hydrogen-bond acceptors (Lipinski definition) is 7. The highest BCUT2D eigenvalue weighted by Crippen LogP contribution is 2.22. The van der Waals surface area contributed by atoms with E-state index in [4.69, 9.17) is 0 Å². The standard InChI is InChI=1S/C27H36N10O3/c1-17(2)23(38)31-21-12-29-37(14-21)15-27(4,5)25(40)32-26-28-16-36(34-26)10-9-18(3)24(39)30-20-7-8-22-19(11-20)13-35(6)33-22/h7-8,11-14,16-18H,9-10,15H2,1-6H3,(H,30,39)(H,31,38)(H,32,34,40). The number of benzene rings is 1. The number of fused-ring (bicyclic) bond motifs is 1. The van der Waals surface area contributed by atoms with Crippen LogP contribution >= 0.6 is 0 Å². The van der Waals surface area contributed by atoms with Gasteiger partial charge >= 0.3 is 0 Å². The lowest BCUT2D eigenvalue weighted by molar-refractivity contribution is -0.124. The lowest BCUT2D eigenvalue weighted by Crippen LogP contribution is -2.35. The second kappa shape index (κ2) is 11.7. The Bertz CT molecular complexity index is 1510. The fourth-order valence-electron chi connectivity index (χ4n) is 3.96. The minimum absolute atomic E-state index is 0.0933. The Morgan fingerprint density at radius 3 is 2.45 bits per heavy atom. The normalized spacial score (nSPS) is 12.5. The molecule has 0 saturated carbocycles. The molecule has 0 saturated heterocycles. The first-order valence-electron chi connectivity index (χ1n) is 13.2. The van der Waals surface area contributed by atoms with Crippen molar-refractivity contribution in [2.24, 2.45) is 24.3 Å². The Kier molecular flexibility index (Phi) is 8.31. The van der Waals surface area contributed by atoms with E-state index in [1.165, 1.54) is 6.33 Å². The molecular weight excluding hydrogens is 512 g/mol. The number of anilines is 3. The molecule has 4 rings (SSSR count). The third-order valence-corrected chi connectivity index (χ3v) is 6.48. The van der Waals surface area contributed by atoms with Gasteiger partial charge in [-0.15, -0.1) is 5.10 Å². The number of aryl methyl sites for hydroxylation is 2. The molecule has 1 unspecified atom stereocenters. The predicted molar refractivity (Wildman–Crippen MR) is 151 cm³/mol. The molecule has 3 heterocycles. The van der Waals surface area contributed by atoms with Gasteiger partial charge in [-0.2, -0.15) is 10.2 Å². The zero-order valence-electron chi connectivity index (χ0n) is 23.7. The number of aromatic nitrogens is 7. The fraction of sp³-hybridized carbons (Fsp3) is 0.444. The molecule has 1 atom stereocenters. The molecule has 0 aliphatic carbocycles. The summed E-state index contributed by atoms with van der Waals surface area (Å²) in [7, 11) is 1.86. The Balaban J connectivity index is 1.26. The first kappa shape index (κ1) is 28.5. The summed E-state index contributed by atoms with van der Waals surface area (Å²) in [5.41, 5.74) is 1.33. The summed E-state index contributed by atoms with van der Waals surface area (Å²) in [5, 5.41) is 22.4. The van der Waals surface area contributed by atoms with E-state index in [2.05, 4.69) is 36.2 Å². The second-order valence-electron chi connectivity index (χ2n) is 11.0. The maximum atomic E-state index is 13.0. The Morgan fingerprint density at radius 2 is 1.70 bits per heavy atom. The SMILES string of the molecule is CC(C)C(=O)Nc1cnn(CC(C)(C)C(=O)Nc2ncn(CCC(C)C(=O)Nc3ccc4nn(C)cc4c3)n2)c1. The van der Waals surface area contributed by atoms with Crippen LogP contribution in [-0.4, -0.2) is 52.0 Å². The van der Waals surface area contributed by atoms with Gasteiger partial charge in [-0.3, -0.25) is 33.7 Å². The molecule has 13 heteroatoms. The minimum Gasteiger partial charge on any atom is -0.326 e. The summed E-state index contributed by atoms with van der Waals surface area (Å²) < 4.78 is 4.95. The van der Waals surface area contributed by atoms with Gasteiger partial charge in [0.25, 0.3) is 0 Å². The zero-order chi connectivity index (χ0) is 29.0. The summed E-state index contributed by atoms with van der Waals surface area (Å²) in [6.07, 6.45) is 7.22. The molecule has 3 N–H and O–H groups in total. The van der Waals surface area contributed by atoms with Crippen LogP contribution in [-0.2, 0) is 34.5 Å². The number of amides is 3. The van der Waals surface area contributed by atoms with E-state index < -0.39 is 5.41 Å². The van der Waals surface area contributed by atoms with E-state index in [9.17, 15) is 14.4 Å². The molecule has 3 amide bonds. The smallest absolute Gasteiger partial charge is 0.248 e. The molecule has 0 fully saturated rings. The predicted octanol–water partition coefficient (Wildman–Crippen LogP) is 3.29. The van der Waals surface area contributed by atoms with Gasteiger partial charge in [-0.1, -0.05) is 20.8 Å². The first-order valence-corrected chi connectivity index (χ1v) is 13.2. The lowest BCUT2D eigenvalue weighted by Gasteiger charge is -2.22. The first-order chi connectivity index (χ1) is 18.9. The van der Waals surface area contributed by atoms with E-state index >= 15 is 0 Å². The molecule has 0 aliphatic heterocycles. The van der Waals surface area contributed by atoms with Gasteiger partial charge in [0.15, 0.2) is 0 Å². The van der Waals surface area contributed by atoms with Crippen molar-refractivity contribution in [1.82, 2.24) is 34.3 Å². The third-order valence-electron chi connectivity index (χ3n) is 6.48.